The maximum atomic E-state index is 13.1. The quantitative estimate of drug-likeness (QED) is 0.857. The Bertz CT molecular complexity index is 666. The van der Waals surface area contributed by atoms with Gasteiger partial charge in [0.25, 0.3) is 0 Å². The number of rotatable bonds is 6. The molecular weight excluding hydrogens is 275 g/mol. The van der Waals surface area contributed by atoms with E-state index in [1.165, 1.54) is 17.0 Å². The number of halogens is 1. The third-order valence-corrected chi connectivity index (χ3v) is 3.38. The van der Waals surface area contributed by atoms with E-state index in [-0.39, 0.29) is 24.6 Å². The second-order valence-corrected chi connectivity index (χ2v) is 4.99. The van der Waals surface area contributed by atoms with Gasteiger partial charge in [-0.3, -0.25) is 9.59 Å². The van der Waals surface area contributed by atoms with Crippen molar-refractivity contribution < 1.29 is 19.1 Å². The molecule has 0 saturated carbocycles. The Kier molecular flexibility index (Phi) is 4.57. The van der Waals surface area contributed by atoms with Gasteiger partial charge in [-0.1, -0.05) is 0 Å². The summed E-state index contributed by atoms with van der Waals surface area (Å²) in [4.78, 5) is 27.0. The number of benzene rings is 1. The number of nitrogens with one attached hydrogen (secondary N) is 1. The monoisotopic (exact) mass is 292 g/mol. The van der Waals surface area contributed by atoms with E-state index in [9.17, 15) is 14.0 Å². The van der Waals surface area contributed by atoms with Crippen molar-refractivity contribution in [2.75, 3.05) is 13.6 Å². The zero-order valence-electron chi connectivity index (χ0n) is 11.7. The van der Waals surface area contributed by atoms with E-state index in [0.29, 0.717) is 18.5 Å². The number of likely N-dealkylation sites (N-methyl/N-ethyl adjacent to an activating group) is 1. The number of aromatic nitrogens is 1. The van der Waals surface area contributed by atoms with Gasteiger partial charge >= 0.3 is 5.97 Å². The molecule has 0 aliphatic carbocycles. The summed E-state index contributed by atoms with van der Waals surface area (Å²) in [7, 11) is 1.65. The Balaban J connectivity index is 1.99. The van der Waals surface area contributed by atoms with Crippen molar-refractivity contribution in [3.8, 4) is 0 Å². The number of nitrogens with zero attached hydrogens (tertiary/aromatic N) is 1. The summed E-state index contributed by atoms with van der Waals surface area (Å²) in [6.45, 7) is 0.405. The molecular formula is C15H17FN2O3. The van der Waals surface area contributed by atoms with E-state index in [1.807, 2.05) is 0 Å². The van der Waals surface area contributed by atoms with Crippen molar-refractivity contribution in [1.29, 1.82) is 0 Å². The van der Waals surface area contributed by atoms with Crippen molar-refractivity contribution >= 4 is 22.8 Å². The van der Waals surface area contributed by atoms with Crippen LogP contribution >= 0.6 is 0 Å². The fraction of sp³-hybridized carbons (Fsp3) is 0.333. The van der Waals surface area contributed by atoms with E-state index < -0.39 is 5.97 Å². The van der Waals surface area contributed by atoms with Crippen LogP contribution < -0.4 is 0 Å². The number of carbonyl (C=O) groups excluding carboxylic acids is 1. The highest BCUT2D eigenvalue weighted by Crippen LogP contribution is 2.20. The van der Waals surface area contributed by atoms with Gasteiger partial charge in [0, 0.05) is 37.1 Å². The summed E-state index contributed by atoms with van der Waals surface area (Å²) in [5.41, 5.74) is 1.46. The molecule has 1 aromatic carbocycles. The number of amides is 1. The summed E-state index contributed by atoms with van der Waals surface area (Å²) in [5.74, 6) is -1.28. The lowest BCUT2D eigenvalue weighted by molar-refractivity contribution is -0.138. The predicted molar refractivity (Wildman–Crippen MR) is 76.5 cm³/mol. The molecule has 2 aromatic rings. The Morgan fingerprint density at radius 1 is 1.38 bits per heavy atom. The fourth-order valence-electron chi connectivity index (χ4n) is 2.19. The van der Waals surface area contributed by atoms with Crippen LogP contribution in [0.15, 0.2) is 24.4 Å². The van der Waals surface area contributed by atoms with Gasteiger partial charge in [-0.2, -0.15) is 0 Å². The van der Waals surface area contributed by atoms with Crippen molar-refractivity contribution in [2.24, 2.45) is 0 Å². The van der Waals surface area contributed by atoms with Crippen LogP contribution in [0.2, 0.25) is 0 Å². The minimum atomic E-state index is -0.866. The van der Waals surface area contributed by atoms with E-state index in [4.69, 9.17) is 5.11 Å². The summed E-state index contributed by atoms with van der Waals surface area (Å²) in [6.07, 6.45) is 2.38. The number of hydrogen-bond acceptors (Lipinski definition) is 2. The lowest BCUT2D eigenvalue weighted by atomic mass is 10.1. The lowest BCUT2D eigenvalue weighted by Gasteiger charge is -2.16. The van der Waals surface area contributed by atoms with Crippen LogP contribution in [0.5, 0.6) is 0 Å². The van der Waals surface area contributed by atoms with E-state index in [0.717, 1.165) is 10.9 Å². The van der Waals surface area contributed by atoms with Gasteiger partial charge in [0.1, 0.15) is 5.82 Å². The molecule has 0 atom stereocenters. The minimum absolute atomic E-state index is 0.0456. The number of hydrogen-bond donors (Lipinski definition) is 2. The molecule has 1 aromatic heterocycles. The molecule has 21 heavy (non-hydrogen) atoms. The molecule has 0 saturated heterocycles. The molecule has 112 valence electrons. The highest BCUT2D eigenvalue weighted by atomic mass is 19.1. The zero-order chi connectivity index (χ0) is 15.4. The van der Waals surface area contributed by atoms with Gasteiger partial charge in [0.05, 0.1) is 6.42 Å². The first-order valence-electron chi connectivity index (χ1n) is 6.68. The highest BCUT2D eigenvalue weighted by molar-refractivity contribution is 5.88. The second kappa shape index (κ2) is 6.39. The first-order valence-corrected chi connectivity index (χ1v) is 6.68. The van der Waals surface area contributed by atoms with E-state index in [2.05, 4.69) is 4.98 Å². The zero-order valence-corrected chi connectivity index (χ0v) is 11.7. The molecule has 2 rings (SSSR count). The molecule has 0 radical (unpaired) electrons. The Labute approximate surface area is 121 Å². The van der Waals surface area contributed by atoms with Crippen LogP contribution in [0, 0.1) is 5.82 Å². The van der Waals surface area contributed by atoms with Gasteiger partial charge in [0.15, 0.2) is 0 Å². The Morgan fingerprint density at radius 3 is 2.86 bits per heavy atom. The number of carboxylic acids is 1. The summed E-state index contributed by atoms with van der Waals surface area (Å²) in [5, 5.41) is 9.40. The van der Waals surface area contributed by atoms with Gasteiger partial charge in [0.2, 0.25) is 5.91 Å². The van der Waals surface area contributed by atoms with Gasteiger partial charge in [-0.15, -0.1) is 0 Å². The fourth-order valence-corrected chi connectivity index (χ4v) is 2.19. The maximum absolute atomic E-state index is 13.1. The Hall–Kier alpha value is -2.37. The number of H-pyrrole nitrogens is 1. The molecule has 5 nitrogen and oxygen atoms in total. The summed E-state index contributed by atoms with van der Waals surface area (Å²) < 4.78 is 13.1. The predicted octanol–water partition coefficient (Wildman–Crippen LogP) is 2.17. The molecule has 6 heteroatoms. The number of carboxylic acid groups (broad SMARTS) is 1. The molecule has 2 N–H and O–H groups in total. The van der Waals surface area contributed by atoms with Gasteiger partial charge in [-0.05, 0) is 30.2 Å². The molecule has 0 bridgehead atoms. The first kappa shape index (κ1) is 15.0. The second-order valence-electron chi connectivity index (χ2n) is 4.99. The van der Waals surface area contributed by atoms with Crippen LogP contribution in [-0.4, -0.2) is 40.5 Å². The van der Waals surface area contributed by atoms with Crippen LogP contribution in [0.1, 0.15) is 18.4 Å². The van der Waals surface area contributed by atoms with E-state index >= 15 is 0 Å². The average Bonchev–Trinajstić information content (AvgIpc) is 2.80. The first-order chi connectivity index (χ1) is 9.97. The standard InChI is InChI=1S/C15H17FN2O3/c1-18(6-2-3-15(20)21)14(19)7-10-9-17-13-8-11(16)4-5-12(10)13/h4-5,8-9,17H,2-3,6-7H2,1H3,(H,20,21). The van der Waals surface area contributed by atoms with Crippen LogP contribution in [0.25, 0.3) is 10.9 Å². The molecule has 0 spiro atoms. The van der Waals surface area contributed by atoms with Crippen molar-refractivity contribution in [3.63, 3.8) is 0 Å². The van der Waals surface area contributed by atoms with Crippen LogP contribution in [0.4, 0.5) is 4.39 Å². The van der Waals surface area contributed by atoms with Crippen molar-refractivity contribution in [2.45, 2.75) is 19.3 Å². The number of aromatic amines is 1. The van der Waals surface area contributed by atoms with Gasteiger partial charge in [-0.25, -0.2) is 4.39 Å². The maximum Gasteiger partial charge on any atom is 0.303 e. The normalized spacial score (nSPS) is 10.8. The Morgan fingerprint density at radius 2 is 2.14 bits per heavy atom. The smallest absolute Gasteiger partial charge is 0.303 e. The van der Waals surface area contributed by atoms with Crippen molar-refractivity contribution in [3.05, 3.63) is 35.8 Å². The van der Waals surface area contributed by atoms with Crippen molar-refractivity contribution in [1.82, 2.24) is 9.88 Å². The van der Waals surface area contributed by atoms with Crippen LogP contribution in [0.3, 0.4) is 0 Å². The van der Waals surface area contributed by atoms with Crippen LogP contribution in [-0.2, 0) is 16.0 Å². The number of aliphatic carboxylic acids is 1. The SMILES string of the molecule is CN(CCCC(=O)O)C(=O)Cc1c[nH]c2cc(F)ccc12. The highest BCUT2D eigenvalue weighted by Gasteiger charge is 2.13. The molecule has 0 fully saturated rings. The summed E-state index contributed by atoms with van der Waals surface area (Å²) in [6, 6.07) is 4.40. The van der Waals surface area contributed by atoms with Gasteiger partial charge < -0.3 is 15.0 Å². The third-order valence-electron chi connectivity index (χ3n) is 3.38. The number of fused-ring (bicyclic) bond motifs is 1. The minimum Gasteiger partial charge on any atom is -0.481 e. The lowest BCUT2D eigenvalue weighted by Crippen LogP contribution is -2.29. The average molecular weight is 292 g/mol. The molecule has 0 aliphatic heterocycles. The van der Waals surface area contributed by atoms with E-state index in [1.54, 1.807) is 19.3 Å². The summed E-state index contributed by atoms with van der Waals surface area (Å²) >= 11 is 0. The third kappa shape index (κ3) is 3.81. The topological polar surface area (TPSA) is 73.4 Å². The molecule has 1 heterocycles. The molecule has 0 unspecified atom stereocenters. The number of carbonyl (C=O) groups is 2. The molecule has 1 amide bonds. The largest absolute Gasteiger partial charge is 0.481 e. The molecule has 0 aliphatic rings.